The maximum Gasteiger partial charge on any atom is 0.598 e. The van der Waals surface area contributed by atoms with E-state index >= 15 is 0 Å². The Hall–Kier alpha value is -5.27. The molecule has 64 heavy (non-hydrogen) atoms. The molecular formula is C51H53BF8N2O2. The van der Waals surface area contributed by atoms with Crippen molar-refractivity contribution in [3.63, 3.8) is 0 Å². The maximum absolute atomic E-state index is 14.7. The molecular weight excluding hydrogens is 835 g/mol. The first kappa shape index (κ1) is 48.2. The molecule has 0 atom stereocenters. The predicted molar refractivity (Wildman–Crippen MR) is 242 cm³/mol. The van der Waals surface area contributed by atoms with Gasteiger partial charge in [-0.05, 0) is 95.7 Å². The standard InChI is InChI=1S/C51H53BF8N2O2/c1-30-11-21-38(32(3)23-30)40-25-42(34-13-17-36(18-14-34)48(5,6)7)61-43(40)27-45-41(39-22-12-31(2)24-33(39)4)26-44(35-15-19-37(20-16-35)49(8,9)10)62(45)52(63-28-50(57,58)46(53)54)64-29-51(59,60)47(55)56/h11-27,46-47H,28-29H2,1-10H3/b43-27-. The van der Waals surface area contributed by atoms with Crippen molar-refractivity contribution in [3.8, 4) is 22.4 Å². The number of allylic oxidation sites excluding steroid dienone is 2. The third-order valence-corrected chi connectivity index (χ3v) is 11.3. The zero-order chi connectivity index (χ0) is 47.1. The van der Waals surface area contributed by atoms with Crippen molar-refractivity contribution in [2.24, 2.45) is 4.99 Å². The molecule has 0 spiro atoms. The number of rotatable bonds is 14. The van der Waals surface area contributed by atoms with Crippen LogP contribution in [0.1, 0.15) is 91.7 Å². The van der Waals surface area contributed by atoms with Gasteiger partial charge in [0.1, 0.15) is 13.2 Å². The summed E-state index contributed by atoms with van der Waals surface area (Å²) in [6.07, 6.45) is -4.85. The second-order valence-corrected chi connectivity index (χ2v) is 18.6. The van der Waals surface area contributed by atoms with Crippen LogP contribution in [0.15, 0.2) is 108 Å². The van der Waals surface area contributed by atoms with E-state index in [0.29, 0.717) is 33.7 Å². The lowest BCUT2D eigenvalue weighted by atomic mass is 9.86. The summed E-state index contributed by atoms with van der Waals surface area (Å²) >= 11 is 0. The van der Waals surface area contributed by atoms with Crippen LogP contribution < -0.4 is 0 Å². The van der Waals surface area contributed by atoms with Gasteiger partial charge in [0.05, 0.1) is 11.4 Å². The zero-order valence-electron chi connectivity index (χ0n) is 37.7. The molecule has 1 aliphatic heterocycles. The largest absolute Gasteiger partial charge is 0.598 e. The monoisotopic (exact) mass is 888 g/mol. The summed E-state index contributed by atoms with van der Waals surface area (Å²) < 4.78 is 126. The van der Waals surface area contributed by atoms with E-state index in [1.807, 2.05) is 127 Å². The second-order valence-electron chi connectivity index (χ2n) is 18.6. The Labute approximate surface area is 370 Å². The van der Waals surface area contributed by atoms with E-state index in [9.17, 15) is 35.1 Å². The van der Waals surface area contributed by atoms with E-state index in [1.165, 1.54) is 4.48 Å². The van der Waals surface area contributed by atoms with Gasteiger partial charge in [0.15, 0.2) is 0 Å². The number of benzene rings is 4. The highest BCUT2D eigenvalue weighted by atomic mass is 19.3. The predicted octanol–water partition coefficient (Wildman–Crippen LogP) is 14.2. The minimum Gasteiger partial charge on any atom is -0.385 e. The topological polar surface area (TPSA) is 35.8 Å². The van der Waals surface area contributed by atoms with Gasteiger partial charge in [0.2, 0.25) is 0 Å². The van der Waals surface area contributed by atoms with Gasteiger partial charge in [-0.3, -0.25) is 0 Å². The first-order valence-corrected chi connectivity index (χ1v) is 21.0. The molecule has 0 radical (unpaired) electrons. The van der Waals surface area contributed by atoms with Crippen molar-refractivity contribution < 1.29 is 44.4 Å². The van der Waals surface area contributed by atoms with Gasteiger partial charge in [-0.15, -0.1) is 0 Å². The number of halogens is 8. The number of aryl methyl sites for hydroxylation is 4. The van der Waals surface area contributed by atoms with Gasteiger partial charge in [-0.25, -0.2) is 22.6 Å². The first-order valence-electron chi connectivity index (χ1n) is 21.0. The van der Waals surface area contributed by atoms with Crippen molar-refractivity contribution >= 4 is 24.6 Å². The zero-order valence-corrected chi connectivity index (χ0v) is 37.7. The molecule has 0 unspecified atom stereocenters. The maximum atomic E-state index is 14.7. The third kappa shape index (κ3) is 10.6. The van der Waals surface area contributed by atoms with Gasteiger partial charge < -0.3 is 13.8 Å². The average molecular weight is 889 g/mol. The van der Waals surface area contributed by atoms with Crippen LogP contribution in [0, 0.1) is 27.7 Å². The van der Waals surface area contributed by atoms with Crippen LogP contribution in [0.4, 0.5) is 35.1 Å². The summed E-state index contributed by atoms with van der Waals surface area (Å²) in [6, 6.07) is 28.4. The second kappa shape index (κ2) is 18.3. The normalized spacial score (nSPS) is 14.5. The van der Waals surface area contributed by atoms with Crippen molar-refractivity contribution in [3.05, 3.63) is 153 Å². The molecule has 0 bridgehead atoms. The lowest BCUT2D eigenvalue weighted by Gasteiger charge is -2.25. The SMILES string of the molecule is Cc1ccc(C2=CC(c3ccc(C(C)(C)C)cc3)=N/C2=C\c2c(-c3ccc(C)cc3C)cc(-c3ccc(C(C)(C)C)cc3)n2B(OCC(F)(F)C(F)F)OCC(F)(F)C(F)F)c(C)c1. The number of aromatic nitrogens is 1. The fraction of sp³-hybridized carbons (Fsp3) is 0.353. The van der Waals surface area contributed by atoms with E-state index < -0.39 is 45.2 Å². The Balaban J connectivity index is 1.71. The van der Waals surface area contributed by atoms with Gasteiger partial charge in [0.25, 0.3) is 0 Å². The van der Waals surface area contributed by atoms with Crippen LogP contribution in [0.25, 0.3) is 34.0 Å². The van der Waals surface area contributed by atoms with Crippen molar-refractivity contribution in [1.29, 1.82) is 0 Å². The molecule has 4 aromatic carbocycles. The first-order chi connectivity index (χ1) is 29.8. The summed E-state index contributed by atoms with van der Waals surface area (Å²) in [5, 5.41) is 0. The fourth-order valence-electron chi connectivity index (χ4n) is 7.59. The molecule has 6 rings (SSSR count). The highest BCUT2D eigenvalue weighted by Crippen LogP contribution is 2.42. The van der Waals surface area contributed by atoms with E-state index in [-0.39, 0.29) is 22.2 Å². The number of aliphatic imine (C=N–C) groups is 1. The number of alkyl halides is 8. The molecule has 0 aliphatic carbocycles. The summed E-state index contributed by atoms with van der Waals surface area (Å²) in [5.41, 5.74) is 10.3. The molecule has 0 N–H and O–H groups in total. The van der Waals surface area contributed by atoms with Crippen molar-refractivity contribution in [2.45, 2.75) is 105 Å². The van der Waals surface area contributed by atoms with Gasteiger partial charge in [0, 0.05) is 28.1 Å². The highest BCUT2D eigenvalue weighted by molar-refractivity contribution is 6.44. The van der Waals surface area contributed by atoms with Crippen LogP contribution >= 0.6 is 0 Å². The quantitative estimate of drug-likeness (QED) is 0.0823. The molecule has 1 aliphatic rings. The van der Waals surface area contributed by atoms with Gasteiger partial charge in [-0.2, -0.15) is 17.6 Å². The van der Waals surface area contributed by atoms with Crippen LogP contribution in [0.2, 0.25) is 0 Å². The Morgan fingerprint density at radius 2 is 1.05 bits per heavy atom. The lowest BCUT2D eigenvalue weighted by molar-refractivity contribution is -0.162. The van der Waals surface area contributed by atoms with Crippen LogP contribution in [-0.2, 0) is 20.1 Å². The molecule has 338 valence electrons. The minimum atomic E-state index is -4.77. The van der Waals surface area contributed by atoms with Crippen molar-refractivity contribution in [1.82, 2.24) is 4.48 Å². The molecule has 5 aromatic rings. The Morgan fingerprint density at radius 3 is 1.48 bits per heavy atom. The van der Waals surface area contributed by atoms with E-state index in [1.54, 1.807) is 24.3 Å². The number of nitrogens with zero attached hydrogens (tertiary/aromatic N) is 2. The smallest absolute Gasteiger partial charge is 0.385 e. The highest BCUT2D eigenvalue weighted by Gasteiger charge is 2.47. The van der Waals surface area contributed by atoms with E-state index in [0.717, 1.165) is 44.5 Å². The van der Waals surface area contributed by atoms with E-state index in [4.69, 9.17) is 14.3 Å². The Kier molecular flexibility index (Phi) is 13.8. The number of hydrogen-bond acceptors (Lipinski definition) is 3. The van der Waals surface area contributed by atoms with Crippen LogP contribution in [-0.4, -0.2) is 55.4 Å². The fourth-order valence-corrected chi connectivity index (χ4v) is 7.59. The lowest BCUT2D eigenvalue weighted by Crippen LogP contribution is -2.44. The molecule has 0 saturated heterocycles. The van der Waals surface area contributed by atoms with Crippen LogP contribution in [0.5, 0.6) is 0 Å². The van der Waals surface area contributed by atoms with Gasteiger partial charge in [-0.1, -0.05) is 138 Å². The Bertz CT molecular complexity index is 2560. The third-order valence-electron chi connectivity index (χ3n) is 11.3. The average Bonchev–Trinajstić information content (AvgIpc) is 3.79. The molecule has 0 fully saturated rings. The minimum absolute atomic E-state index is 0.124. The van der Waals surface area contributed by atoms with Crippen LogP contribution in [0.3, 0.4) is 0 Å². The van der Waals surface area contributed by atoms with Crippen molar-refractivity contribution in [2.75, 3.05) is 13.2 Å². The molecule has 0 saturated carbocycles. The molecule has 1 aromatic heterocycles. The van der Waals surface area contributed by atoms with Gasteiger partial charge >= 0.3 is 31.9 Å². The summed E-state index contributed by atoms with van der Waals surface area (Å²) in [6.45, 7) is 16.0. The Morgan fingerprint density at radius 1 is 0.594 bits per heavy atom. The summed E-state index contributed by atoms with van der Waals surface area (Å²) in [7, 11) is -2.36. The molecule has 0 amide bonds. The number of hydrogen-bond donors (Lipinski definition) is 0. The molecule has 2 heterocycles. The molecule has 4 nitrogen and oxygen atoms in total. The summed E-state index contributed by atoms with van der Waals surface area (Å²) in [4.78, 5) is 5.13. The van der Waals surface area contributed by atoms with E-state index in [2.05, 4.69) is 20.8 Å². The summed E-state index contributed by atoms with van der Waals surface area (Å²) in [5.74, 6) is -9.54. The molecule has 13 heteroatoms.